The third kappa shape index (κ3) is 49.9. The quantitative estimate of drug-likeness (QED) is 0.0195. The van der Waals surface area contributed by atoms with Crippen LogP contribution in [-0.4, -0.2) is 70.0 Å². The predicted molar refractivity (Wildman–Crippen MR) is 272 cm³/mol. The number of rotatable bonds is 44. The standard InChI is InChI=1S/C55H92NO8P/c1-6-8-10-12-14-16-18-20-21-22-23-24-25-26-27-28-29-30-31-32-33-34-35-36-38-40-42-44-46-48-55(58)64-53(52-63-65(59,60)62-50-49-56(3,4)5)51-61-54(57)47-45-43-41-39-37-19-17-15-13-11-9-7-2/h8,10,14,16,20-21,23-24,26-27,29-30,32-33,35-36,40,42,53H,6-7,9,11-13,15,17-19,22,25,28,31,34,37-39,41,43-52H2,1-5H3/b10-8-,16-14-,21-20-,24-23-,27-26-,30-29-,33-32-,36-35-,42-40-. The summed E-state index contributed by atoms with van der Waals surface area (Å²) in [6.45, 7) is 4.02. The van der Waals surface area contributed by atoms with E-state index >= 15 is 0 Å². The number of hydrogen-bond donors (Lipinski definition) is 0. The van der Waals surface area contributed by atoms with Gasteiger partial charge < -0.3 is 27.9 Å². The van der Waals surface area contributed by atoms with Crippen molar-refractivity contribution < 1.29 is 42.1 Å². The van der Waals surface area contributed by atoms with Gasteiger partial charge in [0.2, 0.25) is 0 Å². The first-order valence-corrected chi connectivity index (χ1v) is 26.6. The lowest BCUT2D eigenvalue weighted by molar-refractivity contribution is -0.870. The van der Waals surface area contributed by atoms with Gasteiger partial charge in [-0.1, -0.05) is 194 Å². The van der Waals surface area contributed by atoms with Crippen LogP contribution in [0.25, 0.3) is 0 Å². The van der Waals surface area contributed by atoms with Crippen molar-refractivity contribution in [2.45, 2.75) is 180 Å². The van der Waals surface area contributed by atoms with Crippen molar-refractivity contribution in [3.05, 3.63) is 109 Å². The SMILES string of the molecule is CC/C=C\C/C=C\C/C=C\C/C=C\C/C=C\C/C=C\C/C=C\C/C=C\C/C=C\CCCC(=O)OC(COC(=O)CCCCCCCCCCCCCC)COP(=O)([O-])OCC[N+](C)(C)C. The Kier molecular flexibility index (Phi) is 43.5. The van der Waals surface area contributed by atoms with Crippen molar-refractivity contribution in [1.29, 1.82) is 0 Å². The van der Waals surface area contributed by atoms with Gasteiger partial charge in [0.05, 0.1) is 27.7 Å². The van der Waals surface area contributed by atoms with E-state index in [1.807, 2.05) is 27.2 Å². The van der Waals surface area contributed by atoms with E-state index in [1.165, 1.54) is 57.8 Å². The molecular formula is C55H92NO8P. The van der Waals surface area contributed by atoms with Crippen LogP contribution in [0.15, 0.2) is 109 Å². The Labute approximate surface area is 397 Å². The van der Waals surface area contributed by atoms with E-state index in [9.17, 15) is 19.0 Å². The van der Waals surface area contributed by atoms with Crippen molar-refractivity contribution >= 4 is 19.8 Å². The number of allylic oxidation sites excluding steroid dienone is 18. The van der Waals surface area contributed by atoms with Gasteiger partial charge in [-0.2, -0.15) is 0 Å². The number of hydrogen-bond acceptors (Lipinski definition) is 8. The van der Waals surface area contributed by atoms with Crippen molar-refractivity contribution in [2.24, 2.45) is 0 Å². The molecule has 0 amide bonds. The molecule has 0 N–H and O–H groups in total. The zero-order valence-corrected chi connectivity index (χ0v) is 42.5. The monoisotopic (exact) mass is 926 g/mol. The van der Waals surface area contributed by atoms with Gasteiger partial charge in [0, 0.05) is 12.8 Å². The molecule has 0 saturated carbocycles. The van der Waals surface area contributed by atoms with Crippen molar-refractivity contribution in [3.63, 3.8) is 0 Å². The molecule has 10 heteroatoms. The zero-order valence-electron chi connectivity index (χ0n) is 41.6. The first-order chi connectivity index (χ1) is 31.5. The highest BCUT2D eigenvalue weighted by Gasteiger charge is 2.21. The molecule has 2 atom stereocenters. The van der Waals surface area contributed by atoms with Gasteiger partial charge in [-0.3, -0.25) is 14.2 Å². The third-order valence-corrected chi connectivity index (χ3v) is 11.0. The number of phosphoric acid groups is 1. The second-order valence-electron chi connectivity index (χ2n) is 17.5. The van der Waals surface area contributed by atoms with Crippen LogP contribution in [0.3, 0.4) is 0 Å². The Bertz CT molecular complexity index is 1470. The molecular weight excluding hydrogens is 834 g/mol. The molecule has 370 valence electrons. The number of quaternary nitrogens is 1. The summed E-state index contributed by atoms with van der Waals surface area (Å²) in [5, 5.41) is 0. The van der Waals surface area contributed by atoms with Gasteiger partial charge >= 0.3 is 11.9 Å². The average Bonchev–Trinajstić information content (AvgIpc) is 3.26. The number of ether oxygens (including phenoxy) is 2. The van der Waals surface area contributed by atoms with E-state index < -0.39 is 32.5 Å². The number of phosphoric ester groups is 1. The molecule has 0 saturated heterocycles. The third-order valence-electron chi connectivity index (χ3n) is 10.1. The summed E-state index contributed by atoms with van der Waals surface area (Å²) in [6, 6.07) is 0. The molecule has 0 aliphatic carbocycles. The molecule has 0 aromatic carbocycles. The van der Waals surface area contributed by atoms with E-state index in [0.717, 1.165) is 77.0 Å². The lowest BCUT2D eigenvalue weighted by Gasteiger charge is -2.28. The second-order valence-corrected chi connectivity index (χ2v) is 18.9. The van der Waals surface area contributed by atoms with E-state index in [4.69, 9.17) is 18.5 Å². The molecule has 0 spiro atoms. The molecule has 65 heavy (non-hydrogen) atoms. The number of carbonyl (C=O) groups excluding carboxylic acids is 2. The van der Waals surface area contributed by atoms with Crippen LogP contribution in [0, 0.1) is 0 Å². The summed E-state index contributed by atoms with van der Waals surface area (Å²) in [4.78, 5) is 37.6. The minimum Gasteiger partial charge on any atom is -0.756 e. The fraction of sp³-hybridized carbons (Fsp3) is 0.636. The number of carbonyl (C=O) groups is 2. The fourth-order valence-corrected chi connectivity index (χ4v) is 6.91. The second kappa shape index (κ2) is 45.8. The normalized spacial score (nSPS) is 14.4. The van der Waals surface area contributed by atoms with Crippen LogP contribution in [0.5, 0.6) is 0 Å². The molecule has 0 aromatic rings. The van der Waals surface area contributed by atoms with Crippen LogP contribution in [0.1, 0.15) is 174 Å². The van der Waals surface area contributed by atoms with Crippen LogP contribution in [-0.2, 0) is 32.7 Å². The van der Waals surface area contributed by atoms with Gasteiger partial charge in [0.25, 0.3) is 7.82 Å². The minimum absolute atomic E-state index is 0.0468. The summed E-state index contributed by atoms with van der Waals surface area (Å²) in [7, 11) is 1.11. The van der Waals surface area contributed by atoms with Gasteiger partial charge in [-0.25, -0.2) is 0 Å². The average molecular weight is 926 g/mol. The van der Waals surface area contributed by atoms with Crippen LogP contribution >= 0.6 is 7.82 Å². The molecule has 0 aliphatic heterocycles. The molecule has 0 fully saturated rings. The fourth-order valence-electron chi connectivity index (χ4n) is 6.18. The highest BCUT2D eigenvalue weighted by Crippen LogP contribution is 2.38. The van der Waals surface area contributed by atoms with Crippen LogP contribution < -0.4 is 4.89 Å². The molecule has 2 unspecified atom stereocenters. The lowest BCUT2D eigenvalue weighted by Crippen LogP contribution is -2.37. The molecule has 0 rings (SSSR count). The number of likely N-dealkylation sites (N-methyl/N-ethyl adjacent to an activating group) is 1. The van der Waals surface area contributed by atoms with Crippen LogP contribution in [0.2, 0.25) is 0 Å². The number of esters is 2. The van der Waals surface area contributed by atoms with E-state index in [-0.39, 0.29) is 26.1 Å². The summed E-state index contributed by atoms with van der Waals surface area (Å²) >= 11 is 0. The van der Waals surface area contributed by atoms with Crippen molar-refractivity contribution in [2.75, 3.05) is 47.5 Å². The first kappa shape index (κ1) is 61.7. The van der Waals surface area contributed by atoms with Gasteiger partial charge in [0.1, 0.15) is 19.8 Å². The van der Waals surface area contributed by atoms with Crippen molar-refractivity contribution in [3.8, 4) is 0 Å². The maximum atomic E-state index is 12.7. The van der Waals surface area contributed by atoms with Crippen molar-refractivity contribution in [1.82, 2.24) is 0 Å². The van der Waals surface area contributed by atoms with Gasteiger partial charge in [-0.05, 0) is 77.0 Å². The maximum absolute atomic E-state index is 12.7. The van der Waals surface area contributed by atoms with Gasteiger partial charge in [-0.15, -0.1) is 0 Å². The highest BCUT2D eigenvalue weighted by molar-refractivity contribution is 7.45. The van der Waals surface area contributed by atoms with E-state index in [0.29, 0.717) is 23.9 Å². The van der Waals surface area contributed by atoms with E-state index in [2.05, 4.69) is 117 Å². The maximum Gasteiger partial charge on any atom is 0.306 e. The molecule has 0 bridgehead atoms. The summed E-state index contributed by atoms with van der Waals surface area (Å²) in [5.41, 5.74) is 0. The Balaban J connectivity index is 4.37. The molecule has 9 nitrogen and oxygen atoms in total. The Hall–Kier alpha value is -3.33. The zero-order chi connectivity index (χ0) is 47.8. The largest absolute Gasteiger partial charge is 0.756 e. The molecule has 0 heterocycles. The summed E-state index contributed by atoms with van der Waals surface area (Å²) in [6.07, 6.45) is 62.8. The Morgan fingerprint density at radius 2 is 0.877 bits per heavy atom. The number of unbranched alkanes of at least 4 members (excludes halogenated alkanes) is 12. The smallest absolute Gasteiger partial charge is 0.306 e. The Morgan fingerprint density at radius 1 is 0.492 bits per heavy atom. The van der Waals surface area contributed by atoms with Gasteiger partial charge in [0.15, 0.2) is 6.10 Å². The minimum atomic E-state index is -4.65. The van der Waals surface area contributed by atoms with Crippen LogP contribution in [0.4, 0.5) is 0 Å². The topological polar surface area (TPSA) is 111 Å². The number of nitrogens with zero attached hydrogens (tertiary/aromatic N) is 1. The Morgan fingerprint density at radius 3 is 1.29 bits per heavy atom. The molecule has 0 radical (unpaired) electrons. The first-order valence-electron chi connectivity index (χ1n) is 25.1. The lowest BCUT2D eigenvalue weighted by atomic mass is 10.0. The van der Waals surface area contributed by atoms with E-state index in [1.54, 1.807) is 0 Å². The molecule has 0 aromatic heterocycles. The molecule has 0 aliphatic rings. The highest BCUT2D eigenvalue weighted by atomic mass is 31.2. The summed E-state index contributed by atoms with van der Waals surface area (Å²) in [5.74, 6) is -0.912. The predicted octanol–water partition coefficient (Wildman–Crippen LogP) is 14.4. The summed E-state index contributed by atoms with van der Waals surface area (Å²) < 4.78 is 33.9.